The van der Waals surface area contributed by atoms with Crippen LogP contribution in [-0.2, 0) is 0 Å². The van der Waals surface area contributed by atoms with Gasteiger partial charge in [-0.05, 0) is 24.5 Å². The second-order valence-corrected chi connectivity index (χ2v) is 3.84. The van der Waals surface area contributed by atoms with Gasteiger partial charge in [0.1, 0.15) is 0 Å². The summed E-state index contributed by atoms with van der Waals surface area (Å²) in [5, 5.41) is 20.4. The molecule has 1 rings (SSSR count). The maximum Gasteiger partial charge on any atom is 0.183 e. The van der Waals surface area contributed by atoms with Crippen LogP contribution in [0.4, 0.5) is 5.69 Å². The van der Waals surface area contributed by atoms with Crippen LogP contribution in [0.25, 0.3) is 0 Å². The van der Waals surface area contributed by atoms with Crippen LogP contribution in [0.3, 0.4) is 0 Å². The van der Waals surface area contributed by atoms with Crippen molar-refractivity contribution < 1.29 is 0 Å². The smallest absolute Gasteiger partial charge is 0.183 e. The van der Waals surface area contributed by atoms with E-state index in [0.29, 0.717) is 21.4 Å². The third-order valence-corrected chi connectivity index (χ3v) is 2.54. The molecule has 0 unspecified atom stereocenters. The summed E-state index contributed by atoms with van der Waals surface area (Å²) in [4.78, 5) is 4.15. The zero-order chi connectivity index (χ0) is 12.0. The quantitative estimate of drug-likeness (QED) is 0.360. The summed E-state index contributed by atoms with van der Waals surface area (Å²) in [6, 6.07) is 6.77. The lowest BCUT2D eigenvalue weighted by Crippen LogP contribution is -2.12. The van der Waals surface area contributed by atoms with Gasteiger partial charge in [-0.1, -0.05) is 23.4 Å². The van der Waals surface area contributed by atoms with E-state index >= 15 is 0 Å². The largest absolute Gasteiger partial charge is 0.271 e. The molecule has 1 aromatic carbocycles. The van der Waals surface area contributed by atoms with Crippen molar-refractivity contribution in [3.8, 4) is 12.3 Å². The Hall–Kier alpha value is -1.69. The maximum atomic E-state index is 8.66. The van der Waals surface area contributed by atoms with Crippen molar-refractivity contribution in [2.75, 3.05) is 6.26 Å². The minimum atomic E-state index is 0.380. The minimum Gasteiger partial charge on any atom is -0.271 e. The van der Waals surface area contributed by atoms with Crippen molar-refractivity contribution in [3.63, 3.8) is 0 Å². The summed E-state index contributed by atoms with van der Waals surface area (Å²) in [5.41, 5.74) is 0.996. The third-order valence-electron chi connectivity index (χ3n) is 1.65. The Balaban J connectivity index is 3.07. The first-order valence-electron chi connectivity index (χ1n) is 4.18. The number of amidine groups is 1. The van der Waals surface area contributed by atoms with E-state index in [0.717, 1.165) is 0 Å². The molecular formula is C10H7ClN4S. The van der Waals surface area contributed by atoms with E-state index in [9.17, 15) is 0 Å². The van der Waals surface area contributed by atoms with Gasteiger partial charge in [0.2, 0.25) is 0 Å². The van der Waals surface area contributed by atoms with Crippen LogP contribution in [0.15, 0.2) is 23.2 Å². The number of halogens is 1. The second kappa shape index (κ2) is 6.02. The van der Waals surface area contributed by atoms with Crippen LogP contribution >= 0.6 is 23.4 Å². The number of nitrogens with one attached hydrogen (secondary N) is 1. The first kappa shape index (κ1) is 12.4. The molecule has 0 radical (unpaired) electrons. The predicted octanol–water partition coefficient (Wildman–Crippen LogP) is 2.63. The maximum absolute atomic E-state index is 8.66. The van der Waals surface area contributed by atoms with Crippen LogP contribution in [-0.4, -0.2) is 11.4 Å². The van der Waals surface area contributed by atoms with E-state index in [1.165, 1.54) is 17.8 Å². The van der Waals surface area contributed by atoms with Crippen LogP contribution in [0.2, 0.25) is 5.02 Å². The molecule has 16 heavy (non-hydrogen) atoms. The fraction of sp³-hybridized carbons (Fsp3) is 0.100. The highest BCUT2D eigenvalue weighted by Crippen LogP contribution is 2.26. The average molecular weight is 251 g/mol. The second-order valence-electron chi connectivity index (χ2n) is 2.64. The first-order valence-corrected chi connectivity index (χ1v) is 5.79. The SMILES string of the molecule is CSC(=Nc1ccc(C#N)cc1Cl)NC#N. The average Bonchev–Trinajstić information content (AvgIpc) is 2.30. The molecule has 1 N–H and O–H groups in total. The fourth-order valence-electron chi connectivity index (χ4n) is 0.949. The Bertz CT molecular complexity index is 499. The van der Waals surface area contributed by atoms with Gasteiger partial charge in [-0.2, -0.15) is 10.5 Å². The molecule has 6 heteroatoms. The number of benzene rings is 1. The van der Waals surface area contributed by atoms with Crippen LogP contribution in [0, 0.1) is 22.8 Å². The van der Waals surface area contributed by atoms with Crippen molar-refractivity contribution >= 4 is 34.2 Å². The Morgan fingerprint density at radius 3 is 2.75 bits per heavy atom. The van der Waals surface area contributed by atoms with Crippen molar-refractivity contribution in [1.29, 1.82) is 10.5 Å². The number of nitrogens with zero attached hydrogens (tertiary/aromatic N) is 3. The summed E-state index contributed by atoms with van der Waals surface area (Å²) in [5.74, 6) is 0. The van der Waals surface area contributed by atoms with Gasteiger partial charge in [0.15, 0.2) is 11.4 Å². The van der Waals surface area contributed by atoms with Gasteiger partial charge in [0.05, 0.1) is 22.3 Å². The van der Waals surface area contributed by atoms with E-state index in [2.05, 4.69) is 10.3 Å². The van der Waals surface area contributed by atoms with Gasteiger partial charge in [-0.25, -0.2) is 4.99 Å². The molecule has 0 spiro atoms. The molecule has 0 saturated carbocycles. The van der Waals surface area contributed by atoms with Crippen molar-refractivity contribution in [1.82, 2.24) is 5.32 Å². The van der Waals surface area contributed by atoms with E-state index in [1.807, 2.05) is 6.07 Å². The highest BCUT2D eigenvalue weighted by molar-refractivity contribution is 8.13. The molecule has 1 aromatic rings. The van der Waals surface area contributed by atoms with E-state index < -0.39 is 0 Å². The fourth-order valence-corrected chi connectivity index (χ4v) is 1.51. The Morgan fingerprint density at radius 2 is 2.25 bits per heavy atom. The molecule has 0 atom stereocenters. The lowest BCUT2D eigenvalue weighted by molar-refractivity contribution is 1.28. The molecule has 80 valence electrons. The zero-order valence-corrected chi connectivity index (χ0v) is 9.93. The van der Waals surface area contributed by atoms with Crippen molar-refractivity contribution in [2.24, 2.45) is 4.99 Å². The summed E-state index contributed by atoms with van der Waals surface area (Å²) in [6.07, 6.45) is 3.58. The molecule has 0 bridgehead atoms. The highest BCUT2D eigenvalue weighted by atomic mass is 35.5. The van der Waals surface area contributed by atoms with Gasteiger partial charge in [-0.15, -0.1) is 0 Å². The van der Waals surface area contributed by atoms with Crippen LogP contribution in [0.5, 0.6) is 0 Å². The molecule has 0 saturated heterocycles. The summed E-state index contributed by atoms with van der Waals surface area (Å²) < 4.78 is 0. The first-order chi connectivity index (χ1) is 7.71. The van der Waals surface area contributed by atoms with Crippen molar-refractivity contribution in [2.45, 2.75) is 0 Å². The van der Waals surface area contributed by atoms with E-state index in [1.54, 1.807) is 24.6 Å². The number of rotatable bonds is 1. The molecule has 0 aliphatic rings. The normalized spacial score (nSPS) is 10.4. The molecule has 0 amide bonds. The lowest BCUT2D eigenvalue weighted by Gasteiger charge is -2.01. The number of nitriles is 2. The minimum absolute atomic E-state index is 0.380. The monoisotopic (exact) mass is 250 g/mol. The zero-order valence-electron chi connectivity index (χ0n) is 8.36. The Morgan fingerprint density at radius 1 is 1.50 bits per heavy atom. The van der Waals surface area contributed by atoms with Gasteiger partial charge in [0, 0.05) is 0 Å². The standard InChI is InChI=1S/C10H7ClN4S/c1-16-10(14-6-13)15-9-3-2-7(5-12)4-8(9)11/h2-4H,1H3,(H,14,15). The number of hydrogen-bond acceptors (Lipinski definition) is 4. The molecule has 0 heterocycles. The van der Waals surface area contributed by atoms with Crippen LogP contribution < -0.4 is 5.32 Å². The molecule has 0 aliphatic carbocycles. The van der Waals surface area contributed by atoms with Gasteiger partial charge in [-0.3, -0.25) is 5.32 Å². The highest BCUT2D eigenvalue weighted by Gasteiger charge is 2.02. The molecule has 0 aliphatic heterocycles. The molecule has 0 fully saturated rings. The van der Waals surface area contributed by atoms with E-state index in [-0.39, 0.29) is 0 Å². The summed E-state index contributed by atoms with van der Waals surface area (Å²) >= 11 is 7.23. The molecular weight excluding hydrogens is 244 g/mol. The van der Waals surface area contributed by atoms with Gasteiger partial charge in [0.25, 0.3) is 0 Å². The predicted molar refractivity (Wildman–Crippen MR) is 65.5 cm³/mol. The van der Waals surface area contributed by atoms with Crippen molar-refractivity contribution in [3.05, 3.63) is 28.8 Å². The van der Waals surface area contributed by atoms with Gasteiger partial charge < -0.3 is 0 Å². The van der Waals surface area contributed by atoms with E-state index in [4.69, 9.17) is 22.1 Å². The number of thioether (sulfide) groups is 1. The number of hydrogen-bond donors (Lipinski definition) is 1. The molecule has 4 nitrogen and oxygen atoms in total. The summed E-state index contributed by atoms with van der Waals surface area (Å²) in [7, 11) is 0. The Labute approximate surface area is 103 Å². The topological polar surface area (TPSA) is 72.0 Å². The lowest BCUT2D eigenvalue weighted by atomic mass is 10.2. The summed E-state index contributed by atoms with van der Waals surface area (Å²) in [6.45, 7) is 0. The third kappa shape index (κ3) is 3.16. The molecule has 0 aromatic heterocycles. The van der Waals surface area contributed by atoms with Gasteiger partial charge >= 0.3 is 0 Å². The Kier molecular flexibility index (Phi) is 4.65. The van der Waals surface area contributed by atoms with Crippen LogP contribution in [0.1, 0.15) is 5.56 Å². The number of aliphatic imine (C=N–C) groups is 1.